The molecule has 0 fully saturated rings. The largest absolute Gasteiger partial charge is 0.302 e. The molecule has 6 heteroatoms. The van der Waals surface area contributed by atoms with Crippen molar-refractivity contribution in [2.45, 2.75) is 10.0 Å². The van der Waals surface area contributed by atoms with Gasteiger partial charge in [0.2, 0.25) is 0 Å². The molecule has 1 rings (SSSR count). The van der Waals surface area contributed by atoms with Crippen LogP contribution in [0, 0.1) is 6.92 Å². The summed E-state index contributed by atoms with van der Waals surface area (Å²) >= 11 is 16.3. The molecule has 0 aliphatic rings. The van der Waals surface area contributed by atoms with Crippen LogP contribution in [0.3, 0.4) is 0 Å². The third-order valence-corrected chi connectivity index (χ3v) is 3.58. The molecule has 1 atom stereocenters. The Bertz CT molecular complexity index is 333. The van der Waals surface area contributed by atoms with E-state index in [0.717, 1.165) is 5.56 Å². The Labute approximate surface area is 100 Å². The number of hydrogen-bond donors (Lipinski definition) is 1. The van der Waals surface area contributed by atoms with Gasteiger partial charge < -0.3 is 4.72 Å². The number of alkyl halides is 3. The number of nitrogens with one attached hydrogen (secondary N) is 1. The smallest absolute Gasteiger partial charge is 0.285 e. The summed E-state index contributed by atoms with van der Waals surface area (Å²) < 4.78 is 12.1. The van der Waals surface area contributed by atoms with Gasteiger partial charge in [0.1, 0.15) is 0 Å². The minimum atomic E-state index is -1.81. The molecule has 2 nitrogen and oxygen atoms in total. The summed E-state index contributed by atoms with van der Waals surface area (Å²) in [7, 11) is -1.75. The quantitative estimate of drug-likeness (QED) is 0.822. The number of anilines is 1. The van der Waals surface area contributed by atoms with Crippen LogP contribution < -0.4 is 4.72 Å². The first-order valence-corrected chi connectivity index (χ1v) is 6.00. The first-order chi connectivity index (χ1) is 6.39. The lowest BCUT2D eigenvalue weighted by Gasteiger charge is -2.12. The molecule has 1 unspecified atom stereocenters. The maximum absolute atomic E-state index is 11.3. The molecule has 0 aliphatic carbocycles. The van der Waals surface area contributed by atoms with E-state index in [1.54, 1.807) is 12.1 Å². The lowest BCUT2D eigenvalue weighted by atomic mass is 10.2. The van der Waals surface area contributed by atoms with Crippen LogP contribution in [-0.4, -0.2) is 7.33 Å². The van der Waals surface area contributed by atoms with Crippen molar-refractivity contribution in [3.05, 3.63) is 29.8 Å². The van der Waals surface area contributed by atoms with Gasteiger partial charge >= 0.3 is 0 Å². The fourth-order valence-corrected chi connectivity index (χ4v) is 1.60. The van der Waals surface area contributed by atoms with Crippen molar-refractivity contribution in [1.82, 2.24) is 0 Å². The summed E-state index contributed by atoms with van der Waals surface area (Å²) in [5, 5.41) is 0. The van der Waals surface area contributed by atoms with Crippen molar-refractivity contribution >= 4 is 51.5 Å². The Morgan fingerprint density at radius 3 is 2.14 bits per heavy atom. The van der Waals surface area contributed by atoms with Gasteiger partial charge in [-0.2, -0.15) is 0 Å². The van der Waals surface area contributed by atoms with E-state index in [0.29, 0.717) is 5.69 Å². The second kappa shape index (κ2) is 4.71. The topological polar surface area (TPSA) is 29.1 Å². The van der Waals surface area contributed by atoms with Gasteiger partial charge in [-0.25, -0.2) is 4.21 Å². The second-order valence-corrected chi connectivity index (χ2v) is 6.99. The van der Waals surface area contributed by atoms with Crippen LogP contribution in [-0.2, 0) is 11.0 Å². The summed E-state index contributed by atoms with van der Waals surface area (Å²) in [5.41, 5.74) is 1.76. The highest BCUT2D eigenvalue weighted by molar-refractivity contribution is 7.92. The minimum absolute atomic E-state index is 0.653. The second-order valence-electron chi connectivity index (χ2n) is 2.68. The molecule has 0 saturated carbocycles. The van der Waals surface area contributed by atoms with E-state index in [1.807, 2.05) is 19.1 Å². The Balaban J connectivity index is 2.71. The summed E-state index contributed by atoms with van der Waals surface area (Å²) in [5.74, 6) is 0. The standard InChI is InChI=1S/C8H8Cl3NOS/c1-6-2-4-7(5-3-6)12-14(13)8(9,10)11/h2-5,12H,1H3. The molecule has 0 bridgehead atoms. The molecule has 14 heavy (non-hydrogen) atoms. The predicted octanol–water partition coefficient (Wildman–Crippen LogP) is 3.40. The first kappa shape index (κ1) is 12.1. The van der Waals surface area contributed by atoms with Crippen LogP contribution in [0.1, 0.15) is 5.56 Å². The SMILES string of the molecule is Cc1ccc(NS(=O)C(Cl)(Cl)Cl)cc1. The molecule has 1 aromatic carbocycles. The van der Waals surface area contributed by atoms with Gasteiger partial charge in [0, 0.05) is 5.69 Å². The Kier molecular flexibility index (Phi) is 4.07. The number of halogens is 3. The van der Waals surface area contributed by atoms with Crippen LogP contribution in [0.2, 0.25) is 0 Å². The molecule has 0 aliphatic heterocycles. The molecule has 0 heterocycles. The van der Waals surface area contributed by atoms with Crippen LogP contribution in [0.25, 0.3) is 0 Å². The molecule has 0 spiro atoms. The van der Waals surface area contributed by atoms with Crippen molar-refractivity contribution in [2.75, 3.05) is 4.72 Å². The number of hydrogen-bond acceptors (Lipinski definition) is 1. The van der Waals surface area contributed by atoms with Crippen molar-refractivity contribution in [3.8, 4) is 0 Å². The van der Waals surface area contributed by atoms with E-state index in [9.17, 15) is 4.21 Å². The van der Waals surface area contributed by atoms with E-state index in [-0.39, 0.29) is 0 Å². The van der Waals surface area contributed by atoms with Gasteiger partial charge in [-0.05, 0) is 19.1 Å². The predicted molar refractivity (Wildman–Crippen MR) is 63.2 cm³/mol. The fraction of sp³-hybridized carbons (Fsp3) is 0.250. The lowest BCUT2D eigenvalue weighted by molar-refractivity contribution is 0.686. The first-order valence-electron chi connectivity index (χ1n) is 3.71. The molecule has 0 saturated heterocycles. The van der Waals surface area contributed by atoms with E-state index < -0.39 is 14.1 Å². The minimum Gasteiger partial charge on any atom is -0.302 e. The van der Waals surface area contributed by atoms with Gasteiger partial charge in [-0.1, -0.05) is 52.5 Å². The van der Waals surface area contributed by atoms with Crippen LogP contribution in [0.15, 0.2) is 24.3 Å². The third kappa shape index (κ3) is 3.65. The number of benzene rings is 1. The summed E-state index contributed by atoms with van der Waals surface area (Å²) in [4.78, 5) is 0. The Hall–Kier alpha value is 0.0400. The summed E-state index contributed by atoms with van der Waals surface area (Å²) in [6, 6.07) is 7.28. The van der Waals surface area contributed by atoms with Crippen LogP contribution >= 0.6 is 34.8 Å². The van der Waals surface area contributed by atoms with Gasteiger partial charge in [0.05, 0.1) is 0 Å². The third-order valence-electron chi connectivity index (χ3n) is 1.47. The van der Waals surface area contributed by atoms with E-state index in [4.69, 9.17) is 34.8 Å². The molecule has 0 aromatic heterocycles. The zero-order chi connectivity index (χ0) is 10.8. The van der Waals surface area contributed by atoms with Crippen molar-refractivity contribution in [1.29, 1.82) is 0 Å². The maximum Gasteiger partial charge on any atom is 0.285 e. The van der Waals surface area contributed by atoms with Crippen molar-refractivity contribution in [2.24, 2.45) is 0 Å². The normalized spacial score (nSPS) is 13.7. The van der Waals surface area contributed by atoms with Gasteiger partial charge in [-0.3, -0.25) is 0 Å². The molecule has 0 radical (unpaired) electrons. The van der Waals surface area contributed by atoms with Gasteiger partial charge in [0.25, 0.3) is 3.12 Å². The molecule has 1 N–H and O–H groups in total. The van der Waals surface area contributed by atoms with E-state index in [1.165, 1.54) is 0 Å². The molecular formula is C8H8Cl3NOS. The van der Waals surface area contributed by atoms with Gasteiger partial charge in [-0.15, -0.1) is 0 Å². The van der Waals surface area contributed by atoms with Crippen LogP contribution in [0.5, 0.6) is 0 Å². The number of aryl methyl sites for hydroxylation is 1. The van der Waals surface area contributed by atoms with E-state index >= 15 is 0 Å². The fourth-order valence-electron chi connectivity index (χ4n) is 0.787. The van der Waals surface area contributed by atoms with E-state index in [2.05, 4.69) is 4.72 Å². The average Bonchev–Trinajstić information content (AvgIpc) is 2.07. The highest BCUT2D eigenvalue weighted by Crippen LogP contribution is 2.30. The molecular weight excluding hydrogens is 265 g/mol. The zero-order valence-corrected chi connectivity index (χ0v) is 10.3. The summed E-state index contributed by atoms with van der Waals surface area (Å²) in [6.45, 7) is 1.95. The Morgan fingerprint density at radius 1 is 1.21 bits per heavy atom. The van der Waals surface area contributed by atoms with Crippen LogP contribution in [0.4, 0.5) is 5.69 Å². The molecule has 0 amide bonds. The number of rotatable bonds is 2. The highest BCUT2D eigenvalue weighted by atomic mass is 35.6. The average molecular weight is 273 g/mol. The monoisotopic (exact) mass is 271 g/mol. The van der Waals surface area contributed by atoms with Crippen molar-refractivity contribution < 1.29 is 4.21 Å². The molecule has 78 valence electrons. The van der Waals surface area contributed by atoms with Gasteiger partial charge in [0.15, 0.2) is 11.0 Å². The molecule has 1 aromatic rings. The zero-order valence-electron chi connectivity index (χ0n) is 7.26. The summed E-state index contributed by atoms with van der Waals surface area (Å²) in [6.07, 6.45) is 0. The highest BCUT2D eigenvalue weighted by Gasteiger charge is 2.28. The maximum atomic E-state index is 11.3. The van der Waals surface area contributed by atoms with Crippen molar-refractivity contribution in [3.63, 3.8) is 0 Å². The lowest BCUT2D eigenvalue weighted by Crippen LogP contribution is -2.19. The Morgan fingerprint density at radius 2 is 1.71 bits per heavy atom.